The lowest BCUT2D eigenvalue weighted by Gasteiger charge is -1.92. The van der Waals surface area contributed by atoms with E-state index in [-0.39, 0.29) is 0 Å². The number of pyridine rings is 1. The van der Waals surface area contributed by atoms with Gasteiger partial charge in [-0.25, -0.2) is 4.39 Å². The number of hydrogen-bond acceptors (Lipinski definition) is 2. The Morgan fingerprint density at radius 1 is 1.50 bits per heavy atom. The molecule has 0 bridgehead atoms. The van der Waals surface area contributed by atoms with Gasteiger partial charge in [0.05, 0.1) is 17.5 Å². The lowest BCUT2D eigenvalue weighted by Crippen LogP contribution is -1.88. The lowest BCUT2D eigenvalue weighted by atomic mass is 10.2. The van der Waals surface area contributed by atoms with E-state index in [9.17, 15) is 4.39 Å². The number of nitrogens with zero attached hydrogens (tertiary/aromatic N) is 2. The second-order valence-electron chi connectivity index (χ2n) is 1.90. The number of aryl methyl sites for hydroxylation is 1. The number of rotatable bonds is 0. The molecule has 0 spiro atoms. The summed E-state index contributed by atoms with van der Waals surface area (Å²) >= 11 is 0. The van der Waals surface area contributed by atoms with Crippen LogP contribution in [0.3, 0.4) is 0 Å². The quantitative estimate of drug-likeness (QED) is 0.593. The SMILES string of the molecule is CC.Cc1ncc(F)cc1C#N. The zero-order valence-corrected chi connectivity index (χ0v) is 7.43. The minimum atomic E-state index is -0.470. The summed E-state index contributed by atoms with van der Waals surface area (Å²) in [5, 5.41) is 8.39. The Morgan fingerprint density at radius 3 is 2.50 bits per heavy atom. The van der Waals surface area contributed by atoms with Gasteiger partial charge in [0.2, 0.25) is 0 Å². The van der Waals surface area contributed by atoms with Crippen LogP contribution in [-0.2, 0) is 0 Å². The van der Waals surface area contributed by atoms with Gasteiger partial charge in [0, 0.05) is 0 Å². The van der Waals surface area contributed by atoms with Crippen molar-refractivity contribution in [1.82, 2.24) is 4.98 Å². The third-order valence-electron chi connectivity index (χ3n) is 1.17. The monoisotopic (exact) mass is 166 g/mol. The Bertz CT molecular complexity index is 289. The first-order chi connectivity index (χ1) is 5.74. The van der Waals surface area contributed by atoms with Crippen molar-refractivity contribution in [1.29, 1.82) is 5.26 Å². The summed E-state index contributed by atoms with van der Waals surface area (Å²) in [5.74, 6) is -0.470. The van der Waals surface area contributed by atoms with E-state index in [2.05, 4.69) is 4.98 Å². The fourth-order valence-electron chi connectivity index (χ4n) is 0.621. The second-order valence-corrected chi connectivity index (χ2v) is 1.90. The minimum Gasteiger partial charge on any atom is -0.257 e. The Morgan fingerprint density at radius 2 is 2.08 bits per heavy atom. The van der Waals surface area contributed by atoms with Crippen LogP contribution in [0, 0.1) is 24.1 Å². The number of nitriles is 1. The van der Waals surface area contributed by atoms with E-state index in [0.717, 1.165) is 6.20 Å². The van der Waals surface area contributed by atoms with Crippen LogP contribution in [0.1, 0.15) is 25.1 Å². The Hall–Kier alpha value is -1.43. The minimum absolute atomic E-state index is 0.292. The molecule has 0 amide bonds. The highest BCUT2D eigenvalue weighted by molar-refractivity contribution is 5.31. The lowest BCUT2D eigenvalue weighted by molar-refractivity contribution is 0.619. The van der Waals surface area contributed by atoms with Crippen molar-refractivity contribution in [2.24, 2.45) is 0 Å². The summed E-state index contributed by atoms with van der Waals surface area (Å²) in [6, 6.07) is 3.00. The van der Waals surface area contributed by atoms with Gasteiger partial charge in [0.25, 0.3) is 0 Å². The molecule has 0 atom stereocenters. The van der Waals surface area contributed by atoms with Gasteiger partial charge in [-0.05, 0) is 13.0 Å². The van der Waals surface area contributed by atoms with E-state index in [4.69, 9.17) is 5.26 Å². The predicted octanol–water partition coefficient (Wildman–Crippen LogP) is 2.43. The van der Waals surface area contributed by atoms with Crippen LogP contribution in [0.5, 0.6) is 0 Å². The molecule has 0 N–H and O–H groups in total. The number of halogens is 1. The van der Waals surface area contributed by atoms with Gasteiger partial charge in [-0.15, -0.1) is 0 Å². The molecule has 0 aliphatic heterocycles. The third-order valence-corrected chi connectivity index (χ3v) is 1.17. The molecule has 1 rings (SSSR count). The molecular formula is C9H11FN2. The molecule has 3 heteroatoms. The average molecular weight is 166 g/mol. The van der Waals surface area contributed by atoms with Crippen molar-refractivity contribution in [2.75, 3.05) is 0 Å². The molecule has 0 fully saturated rings. The van der Waals surface area contributed by atoms with Crippen LogP contribution < -0.4 is 0 Å². The summed E-state index contributed by atoms with van der Waals surface area (Å²) in [5.41, 5.74) is 0.851. The maximum absolute atomic E-state index is 12.3. The van der Waals surface area contributed by atoms with Crippen LogP contribution in [0.4, 0.5) is 4.39 Å². The summed E-state index contributed by atoms with van der Waals surface area (Å²) in [4.78, 5) is 3.65. The summed E-state index contributed by atoms with van der Waals surface area (Å²) in [6.07, 6.45) is 1.09. The Balaban J connectivity index is 0.000000561. The van der Waals surface area contributed by atoms with Crippen LogP contribution in [-0.4, -0.2) is 4.98 Å². The number of aromatic nitrogens is 1. The molecule has 0 saturated heterocycles. The van der Waals surface area contributed by atoms with E-state index in [1.54, 1.807) is 6.92 Å². The molecule has 0 saturated carbocycles. The van der Waals surface area contributed by atoms with E-state index < -0.39 is 5.82 Å². The largest absolute Gasteiger partial charge is 0.257 e. The zero-order chi connectivity index (χ0) is 9.56. The topological polar surface area (TPSA) is 36.7 Å². The van der Waals surface area contributed by atoms with Crippen LogP contribution in [0.15, 0.2) is 12.3 Å². The van der Waals surface area contributed by atoms with Crippen LogP contribution >= 0.6 is 0 Å². The summed E-state index contributed by atoms with van der Waals surface area (Å²) < 4.78 is 12.3. The number of hydrogen-bond donors (Lipinski definition) is 0. The van der Waals surface area contributed by atoms with E-state index in [1.807, 2.05) is 19.9 Å². The van der Waals surface area contributed by atoms with Crippen molar-refractivity contribution in [3.63, 3.8) is 0 Å². The first-order valence-corrected chi connectivity index (χ1v) is 3.76. The van der Waals surface area contributed by atoms with Crippen LogP contribution in [0.2, 0.25) is 0 Å². The fourth-order valence-corrected chi connectivity index (χ4v) is 0.621. The average Bonchev–Trinajstić information content (AvgIpc) is 2.13. The van der Waals surface area contributed by atoms with Gasteiger partial charge < -0.3 is 0 Å². The predicted molar refractivity (Wildman–Crippen MR) is 45.0 cm³/mol. The molecule has 12 heavy (non-hydrogen) atoms. The summed E-state index contributed by atoms with van der Waals surface area (Å²) in [7, 11) is 0. The second kappa shape index (κ2) is 5.25. The van der Waals surface area contributed by atoms with Gasteiger partial charge in [-0.2, -0.15) is 5.26 Å². The van der Waals surface area contributed by atoms with Crippen molar-refractivity contribution < 1.29 is 4.39 Å². The highest BCUT2D eigenvalue weighted by Gasteiger charge is 1.98. The van der Waals surface area contributed by atoms with Crippen molar-refractivity contribution in [3.05, 3.63) is 29.3 Å². The van der Waals surface area contributed by atoms with Crippen molar-refractivity contribution in [2.45, 2.75) is 20.8 Å². The van der Waals surface area contributed by atoms with Gasteiger partial charge in [0.15, 0.2) is 0 Å². The standard InChI is InChI=1S/C7H5FN2.C2H6/c1-5-6(3-9)2-7(8)4-10-5;1-2/h2,4H,1H3;1-2H3. The normalized spacial score (nSPS) is 7.92. The summed E-state index contributed by atoms with van der Waals surface area (Å²) in [6.45, 7) is 5.66. The molecule has 1 aromatic rings. The first kappa shape index (κ1) is 10.6. The molecule has 1 heterocycles. The third kappa shape index (κ3) is 2.67. The maximum Gasteiger partial charge on any atom is 0.142 e. The van der Waals surface area contributed by atoms with Crippen LogP contribution in [0.25, 0.3) is 0 Å². The molecule has 2 nitrogen and oxygen atoms in total. The molecule has 0 aliphatic rings. The van der Waals surface area contributed by atoms with Gasteiger partial charge in [-0.3, -0.25) is 4.98 Å². The maximum atomic E-state index is 12.3. The highest BCUT2D eigenvalue weighted by atomic mass is 19.1. The molecule has 0 aliphatic carbocycles. The molecule has 0 aromatic carbocycles. The molecular weight excluding hydrogens is 155 g/mol. The Kier molecular flexibility index (Phi) is 4.62. The van der Waals surface area contributed by atoms with Gasteiger partial charge in [0.1, 0.15) is 11.9 Å². The van der Waals surface area contributed by atoms with Gasteiger partial charge in [-0.1, -0.05) is 13.8 Å². The fraction of sp³-hybridized carbons (Fsp3) is 0.333. The Labute approximate surface area is 71.7 Å². The van der Waals surface area contributed by atoms with E-state index in [1.165, 1.54) is 6.07 Å². The van der Waals surface area contributed by atoms with Gasteiger partial charge >= 0.3 is 0 Å². The molecule has 0 unspecified atom stereocenters. The zero-order valence-electron chi connectivity index (χ0n) is 7.43. The molecule has 0 radical (unpaired) electrons. The van der Waals surface area contributed by atoms with Crippen molar-refractivity contribution >= 4 is 0 Å². The molecule has 64 valence electrons. The smallest absolute Gasteiger partial charge is 0.142 e. The first-order valence-electron chi connectivity index (χ1n) is 3.76. The van der Waals surface area contributed by atoms with E-state index in [0.29, 0.717) is 11.3 Å². The highest BCUT2D eigenvalue weighted by Crippen LogP contribution is 2.03. The van der Waals surface area contributed by atoms with Crippen molar-refractivity contribution in [3.8, 4) is 6.07 Å². The molecule has 1 aromatic heterocycles. The van der Waals surface area contributed by atoms with E-state index >= 15 is 0 Å².